The van der Waals surface area contributed by atoms with E-state index in [1.807, 2.05) is 0 Å². The summed E-state index contributed by atoms with van der Waals surface area (Å²) in [6.07, 6.45) is 1.54. The molecule has 0 radical (unpaired) electrons. The maximum Gasteiger partial charge on any atom is 0.338 e. The minimum absolute atomic E-state index is 0.0873. The first-order chi connectivity index (χ1) is 10.1. The van der Waals surface area contributed by atoms with E-state index < -0.39 is 5.97 Å². The van der Waals surface area contributed by atoms with E-state index >= 15 is 0 Å². The number of aromatic nitrogens is 1. The predicted molar refractivity (Wildman–Crippen MR) is 75.9 cm³/mol. The highest BCUT2D eigenvalue weighted by atomic mass is 35.5. The number of pyridine rings is 1. The maximum absolute atomic E-state index is 12.0. The normalized spacial score (nSPS) is 12.3. The number of ether oxygens (including phenoxy) is 3. The van der Waals surface area contributed by atoms with Crippen molar-refractivity contribution in [2.45, 2.75) is 6.61 Å². The Labute approximate surface area is 130 Å². The van der Waals surface area contributed by atoms with Crippen molar-refractivity contribution in [1.29, 1.82) is 0 Å². The van der Waals surface area contributed by atoms with Gasteiger partial charge < -0.3 is 14.2 Å². The Hall–Kier alpha value is -1.98. The minimum atomic E-state index is -0.509. The second kappa shape index (κ2) is 5.79. The van der Waals surface area contributed by atoms with Crippen LogP contribution < -0.4 is 9.47 Å². The zero-order valence-corrected chi connectivity index (χ0v) is 12.1. The van der Waals surface area contributed by atoms with Crippen LogP contribution in [0.2, 0.25) is 10.2 Å². The summed E-state index contributed by atoms with van der Waals surface area (Å²) in [5.41, 5.74) is 1.03. The molecule has 1 aromatic carbocycles. The fraction of sp³-hybridized carbons (Fsp3) is 0.143. The lowest BCUT2D eigenvalue weighted by Gasteiger charge is -2.06. The van der Waals surface area contributed by atoms with Crippen LogP contribution in [-0.4, -0.2) is 17.7 Å². The lowest BCUT2D eigenvalue weighted by atomic mass is 10.2. The van der Waals surface area contributed by atoms with Gasteiger partial charge in [-0.05, 0) is 18.2 Å². The average molecular weight is 326 g/mol. The van der Waals surface area contributed by atoms with Crippen LogP contribution in [-0.2, 0) is 11.3 Å². The van der Waals surface area contributed by atoms with E-state index in [-0.39, 0.29) is 13.4 Å². The van der Waals surface area contributed by atoms with Crippen LogP contribution in [0, 0.1) is 0 Å². The fourth-order valence-electron chi connectivity index (χ4n) is 1.81. The molecule has 0 saturated heterocycles. The van der Waals surface area contributed by atoms with Gasteiger partial charge in [0.15, 0.2) is 11.5 Å². The molecule has 7 heteroatoms. The molecule has 0 saturated carbocycles. The zero-order chi connectivity index (χ0) is 14.8. The molecule has 1 aromatic heterocycles. The van der Waals surface area contributed by atoms with Gasteiger partial charge in [-0.15, -0.1) is 0 Å². The highest BCUT2D eigenvalue weighted by Crippen LogP contribution is 2.39. The molecule has 21 heavy (non-hydrogen) atoms. The fourth-order valence-corrected chi connectivity index (χ4v) is 2.19. The van der Waals surface area contributed by atoms with Crippen molar-refractivity contribution < 1.29 is 19.0 Å². The third-order valence-corrected chi connectivity index (χ3v) is 3.33. The van der Waals surface area contributed by atoms with Gasteiger partial charge >= 0.3 is 5.97 Å². The number of benzene rings is 1. The highest BCUT2D eigenvalue weighted by Gasteiger charge is 2.21. The maximum atomic E-state index is 12.0. The Kier molecular flexibility index (Phi) is 3.86. The van der Waals surface area contributed by atoms with E-state index in [1.54, 1.807) is 18.3 Å². The van der Waals surface area contributed by atoms with E-state index in [0.29, 0.717) is 27.2 Å². The molecule has 2 heterocycles. The smallest absolute Gasteiger partial charge is 0.338 e. The number of fused-ring (bicyclic) bond motifs is 1. The van der Waals surface area contributed by atoms with Gasteiger partial charge in [-0.25, -0.2) is 9.78 Å². The van der Waals surface area contributed by atoms with Crippen molar-refractivity contribution in [2.75, 3.05) is 6.79 Å². The molecule has 1 aliphatic rings. The zero-order valence-electron chi connectivity index (χ0n) is 10.6. The number of rotatable bonds is 3. The Morgan fingerprint density at radius 1 is 1.29 bits per heavy atom. The van der Waals surface area contributed by atoms with Crippen molar-refractivity contribution in [3.05, 3.63) is 51.8 Å². The molecule has 2 aromatic rings. The molecular formula is C14H9Cl2NO4. The van der Waals surface area contributed by atoms with Gasteiger partial charge in [-0.3, -0.25) is 0 Å². The lowest BCUT2D eigenvalue weighted by molar-refractivity contribution is 0.0472. The molecule has 0 spiro atoms. The topological polar surface area (TPSA) is 57.7 Å². The number of halogens is 2. The highest BCUT2D eigenvalue weighted by molar-refractivity contribution is 6.32. The van der Waals surface area contributed by atoms with Crippen molar-refractivity contribution in [3.63, 3.8) is 0 Å². The van der Waals surface area contributed by atoms with E-state index in [9.17, 15) is 4.79 Å². The number of hydrogen-bond donors (Lipinski definition) is 0. The summed E-state index contributed by atoms with van der Waals surface area (Å²) >= 11 is 11.7. The monoisotopic (exact) mass is 325 g/mol. The first-order valence-electron chi connectivity index (χ1n) is 6.00. The van der Waals surface area contributed by atoms with Crippen LogP contribution in [0.3, 0.4) is 0 Å². The summed E-state index contributed by atoms with van der Waals surface area (Å²) in [6.45, 7) is 0.180. The van der Waals surface area contributed by atoms with Crippen LogP contribution in [0.15, 0.2) is 30.5 Å². The van der Waals surface area contributed by atoms with E-state index in [0.717, 1.165) is 5.56 Å². The third-order valence-electron chi connectivity index (χ3n) is 2.82. The third kappa shape index (κ3) is 3.04. The molecule has 0 bridgehead atoms. The van der Waals surface area contributed by atoms with E-state index in [1.165, 1.54) is 12.1 Å². The average Bonchev–Trinajstić information content (AvgIpc) is 2.95. The SMILES string of the molecule is O=C(OCc1ccc(Cl)nc1)c1cc(Cl)c2c(c1)OCO2. The van der Waals surface area contributed by atoms with E-state index in [2.05, 4.69) is 4.98 Å². The Morgan fingerprint density at radius 3 is 2.90 bits per heavy atom. The summed E-state index contributed by atoms with van der Waals surface area (Å²) in [6, 6.07) is 6.38. The molecule has 1 aliphatic heterocycles. The van der Waals surface area contributed by atoms with Crippen LogP contribution in [0.5, 0.6) is 11.5 Å². The van der Waals surface area contributed by atoms with Gasteiger partial charge in [0.2, 0.25) is 6.79 Å². The van der Waals surface area contributed by atoms with Crippen LogP contribution >= 0.6 is 23.2 Å². The number of nitrogens with zero attached hydrogens (tertiary/aromatic N) is 1. The van der Waals surface area contributed by atoms with Gasteiger partial charge in [0.25, 0.3) is 0 Å². The molecule has 3 rings (SSSR count). The Balaban J connectivity index is 1.71. The van der Waals surface area contributed by atoms with Gasteiger partial charge in [0.1, 0.15) is 11.8 Å². The van der Waals surface area contributed by atoms with Gasteiger partial charge in [-0.1, -0.05) is 29.3 Å². The largest absolute Gasteiger partial charge is 0.457 e. The van der Waals surface area contributed by atoms with Crippen molar-refractivity contribution in [2.24, 2.45) is 0 Å². The van der Waals surface area contributed by atoms with Crippen molar-refractivity contribution in [1.82, 2.24) is 4.98 Å². The second-order valence-corrected chi connectivity index (χ2v) is 5.05. The van der Waals surface area contributed by atoms with Crippen LogP contribution in [0.1, 0.15) is 15.9 Å². The number of carbonyl (C=O) groups excluding carboxylic acids is 1. The number of carbonyl (C=O) groups is 1. The Morgan fingerprint density at radius 2 is 2.14 bits per heavy atom. The standard InChI is InChI=1S/C14H9Cl2NO4/c15-10-3-9(4-11-13(10)21-7-20-11)14(18)19-6-8-1-2-12(16)17-5-8/h1-5H,6-7H2. The molecule has 0 N–H and O–H groups in total. The van der Waals surface area contributed by atoms with Crippen LogP contribution in [0.25, 0.3) is 0 Å². The summed E-state index contributed by atoms with van der Waals surface area (Å²) in [5.74, 6) is 0.364. The molecule has 108 valence electrons. The first-order valence-corrected chi connectivity index (χ1v) is 6.76. The Bertz CT molecular complexity index is 688. The molecule has 0 atom stereocenters. The molecule has 0 amide bonds. The molecule has 0 aliphatic carbocycles. The summed E-state index contributed by atoms with van der Waals surface area (Å²) in [4.78, 5) is 15.9. The summed E-state index contributed by atoms with van der Waals surface area (Å²) < 4.78 is 15.6. The van der Waals surface area contributed by atoms with Crippen LogP contribution in [0.4, 0.5) is 0 Å². The predicted octanol–water partition coefficient (Wildman–Crippen LogP) is 3.47. The van der Waals surface area contributed by atoms with Gasteiger partial charge in [0.05, 0.1) is 10.6 Å². The van der Waals surface area contributed by atoms with E-state index in [4.69, 9.17) is 37.4 Å². The van der Waals surface area contributed by atoms with Crippen molar-refractivity contribution >= 4 is 29.2 Å². The number of hydrogen-bond acceptors (Lipinski definition) is 5. The van der Waals surface area contributed by atoms with Gasteiger partial charge in [0, 0.05) is 11.8 Å². The summed E-state index contributed by atoms with van der Waals surface area (Å²) in [5, 5.41) is 0.692. The number of esters is 1. The lowest BCUT2D eigenvalue weighted by Crippen LogP contribution is -2.05. The summed E-state index contributed by atoms with van der Waals surface area (Å²) in [7, 11) is 0. The second-order valence-electron chi connectivity index (χ2n) is 4.26. The minimum Gasteiger partial charge on any atom is -0.457 e. The first kappa shape index (κ1) is 14.0. The molecule has 0 unspecified atom stereocenters. The van der Waals surface area contributed by atoms with Gasteiger partial charge in [-0.2, -0.15) is 0 Å². The molecular weight excluding hydrogens is 317 g/mol. The quantitative estimate of drug-likeness (QED) is 0.638. The van der Waals surface area contributed by atoms with Crippen molar-refractivity contribution in [3.8, 4) is 11.5 Å². The molecule has 5 nitrogen and oxygen atoms in total. The molecule has 0 fully saturated rings.